The number of aryl methyl sites for hydroxylation is 1. The first-order valence-corrected chi connectivity index (χ1v) is 15.1. The van der Waals surface area contributed by atoms with Crippen molar-refractivity contribution < 1.29 is 31.9 Å². The van der Waals surface area contributed by atoms with Crippen molar-refractivity contribution in [1.82, 2.24) is 20.2 Å². The molecule has 13 heteroatoms. The van der Waals surface area contributed by atoms with E-state index in [0.29, 0.717) is 50.9 Å². The van der Waals surface area contributed by atoms with Gasteiger partial charge in [0.1, 0.15) is 18.2 Å². The monoisotopic (exact) mass is 658 g/mol. The average Bonchev–Trinajstić information content (AvgIpc) is 3.26. The molecule has 0 unspecified atom stereocenters. The van der Waals surface area contributed by atoms with Gasteiger partial charge in [0.25, 0.3) is 12.3 Å². The van der Waals surface area contributed by atoms with Gasteiger partial charge >= 0.3 is 0 Å². The van der Waals surface area contributed by atoms with E-state index in [2.05, 4.69) is 10.6 Å². The van der Waals surface area contributed by atoms with E-state index in [0.717, 1.165) is 0 Å². The Balaban J connectivity index is 1.61. The molecule has 0 aliphatic heterocycles. The summed E-state index contributed by atoms with van der Waals surface area (Å²) in [6, 6.07) is 6.07. The highest BCUT2D eigenvalue weighted by molar-refractivity contribution is 6.36. The van der Waals surface area contributed by atoms with Gasteiger partial charge < -0.3 is 19.9 Å². The number of amides is 2. The molecule has 0 radical (unpaired) electrons. The van der Waals surface area contributed by atoms with Crippen LogP contribution in [0.25, 0.3) is 11.0 Å². The number of hydrogen-bond donors (Lipinski definition) is 2. The van der Waals surface area contributed by atoms with Crippen molar-refractivity contribution in [2.24, 2.45) is 18.4 Å². The molecule has 0 spiro atoms. The Morgan fingerprint density at radius 3 is 2.39 bits per heavy atom. The van der Waals surface area contributed by atoms with E-state index in [1.807, 2.05) is 20.8 Å². The van der Waals surface area contributed by atoms with Crippen molar-refractivity contribution in [3.63, 3.8) is 0 Å². The molecule has 0 saturated heterocycles. The molecule has 1 saturated carbocycles. The molecule has 7 nitrogen and oxygen atoms in total. The number of halogens is 6. The minimum Gasteiger partial charge on any atom is -0.487 e. The van der Waals surface area contributed by atoms with Crippen LogP contribution in [0.4, 0.5) is 17.6 Å². The number of benzene rings is 2. The van der Waals surface area contributed by atoms with E-state index >= 15 is 0 Å². The topological polar surface area (TPSA) is 85.2 Å². The maximum absolute atomic E-state index is 13.3. The van der Waals surface area contributed by atoms with Gasteiger partial charge in [0.15, 0.2) is 0 Å². The molecular formula is C31H36Cl2F4N4O3. The molecule has 1 fully saturated rings. The quantitative estimate of drug-likeness (QED) is 0.223. The largest absolute Gasteiger partial charge is 0.487 e. The van der Waals surface area contributed by atoms with Crippen LogP contribution in [0, 0.1) is 11.3 Å². The van der Waals surface area contributed by atoms with E-state index < -0.39 is 36.7 Å². The summed E-state index contributed by atoms with van der Waals surface area (Å²) in [6.45, 7) is 4.71. The number of alkyl halides is 4. The molecule has 2 N–H and O–H groups in total. The first-order chi connectivity index (χ1) is 20.6. The van der Waals surface area contributed by atoms with E-state index in [1.165, 1.54) is 12.1 Å². The Hall–Kier alpha value is -3.05. The molecule has 1 aromatic heterocycles. The molecule has 3 aromatic rings. The van der Waals surface area contributed by atoms with Crippen LogP contribution in [0.1, 0.15) is 73.8 Å². The van der Waals surface area contributed by atoms with Crippen LogP contribution >= 0.6 is 23.2 Å². The summed E-state index contributed by atoms with van der Waals surface area (Å²) in [5.74, 6) is -0.895. The van der Waals surface area contributed by atoms with E-state index in [-0.39, 0.29) is 49.1 Å². The van der Waals surface area contributed by atoms with Crippen LogP contribution in [-0.4, -0.2) is 46.9 Å². The molecule has 2 aromatic carbocycles. The number of aromatic nitrogens is 2. The van der Waals surface area contributed by atoms with Gasteiger partial charge in [-0.1, -0.05) is 50.0 Å². The Kier molecular flexibility index (Phi) is 10.7. The molecular weight excluding hydrogens is 623 g/mol. The van der Waals surface area contributed by atoms with Crippen molar-refractivity contribution >= 4 is 46.0 Å². The number of nitrogens with zero attached hydrogens (tertiary/aromatic N) is 2. The highest BCUT2D eigenvalue weighted by Crippen LogP contribution is 2.34. The van der Waals surface area contributed by atoms with Gasteiger partial charge in [0.05, 0.1) is 21.6 Å². The number of hydrogen-bond acceptors (Lipinski definition) is 4. The second-order valence-electron chi connectivity index (χ2n) is 12.2. The van der Waals surface area contributed by atoms with Crippen LogP contribution in [0.3, 0.4) is 0 Å². The normalized spacial score (nSPS) is 17.4. The van der Waals surface area contributed by atoms with E-state index in [4.69, 9.17) is 32.9 Å². The maximum atomic E-state index is 13.3. The number of carbonyl (C=O) groups is 2. The summed E-state index contributed by atoms with van der Waals surface area (Å²) in [5, 5.41) is 6.50. The predicted molar refractivity (Wildman–Crippen MR) is 162 cm³/mol. The fraction of sp³-hybridized carbons (Fsp3) is 0.516. The summed E-state index contributed by atoms with van der Waals surface area (Å²) in [7, 11) is 1.73. The van der Waals surface area contributed by atoms with E-state index in [9.17, 15) is 27.2 Å². The minimum atomic E-state index is -2.77. The lowest BCUT2D eigenvalue weighted by Gasteiger charge is -2.28. The molecule has 0 bridgehead atoms. The number of nitrogens with one attached hydrogen (secondary N) is 2. The summed E-state index contributed by atoms with van der Waals surface area (Å²) >= 11 is 13.3. The second kappa shape index (κ2) is 13.9. The van der Waals surface area contributed by atoms with Crippen molar-refractivity contribution in [2.45, 2.75) is 78.3 Å². The van der Waals surface area contributed by atoms with Crippen molar-refractivity contribution in [2.75, 3.05) is 6.61 Å². The van der Waals surface area contributed by atoms with Gasteiger partial charge in [-0.25, -0.2) is 22.5 Å². The number of carbonyl (C=O) groups excluding carboxylic acids is 2. The Bertz CT molecular complexity index is 1520. The SMILES string of the molecule is Cn1c(Cc2c(Cl)ccc(CNC(=O)C(C)(C)C)c2Cl)nc2cc(C(=O)NC3CCC(C(F)F)CC3)c(OCC(F)F)cc21. The third-order valence-electron chi connectivity index (χ3n) is 7.87. The molecule has 0 atom stereocenters. The zero-order chi connectivity index (χ0) is 32.3. The van der Waals surface area contributed by atoms with Gasteiger partial charge in [-0.15, -0.1) is 0 Å². The van der Waals surface area contributed by atoms with Gasteiger partial charge in [-0.05, 0) is 48.9 Å². The molecule has 1 aliphatic carbocycles. The predicted octanol–water partition coefficient (Wildman–Crippen LogP) is 7.33. The molecule has 2 amide bonds. The minimum absolute atomic E-state index is 0.0198. The van der Waals surface area contributed by atoms with Crippen molar-refractivity contribution in [3.05, 3.63) is 56.8 Å². The zero-order valence-corrected chi connectivity index (χ0v) is 26.5. The lowest BCUT2D eigenvalue weighted by Crippen LogP contribution is -2.38. The van der Waals surface area contributed by atoms with E-state index in [1.54, 1.807) is 23.7 Å². The van der Waals surface area contributed by atoms with Crippen LogP contribution < -0.4 is 15.4 Å². The van der Waals surface area contributed by atoms with Gasteiger partial charge in [-0.3, -0.25) is 9.59 Å². The molecule has 4 rings (SSSR count). The summed E-state index contributed by atoms with van der Waals surface area (Å²) in [5.41, 5.74) is 1.65. The fourth-order valence-electron chi connectivity index (χ4n) is 5.20. The zero-order valence-electron chi connectivity index (χ0n) is 25.0. The molecule has 44 heavy (non-hydrogen) atoms. The first-order valence-electron chi connectivity index (χ1n) is 14.4. The highest BCUT2D eigenvalue weighted by Gasteiger charge is 2.29. The van der Waals surface area contributed by atoms with Gasteiger partial charge in [-0.2, -0.15) is 0 Å². The Morgan fingerprint density at radius 1 is 1.09 bits per heavy atom. The van der Waals surface area contributed by atoms with Crippen LogP contribution in [0.5, 0.6) is 5.75 Å². The third-order valence-corrected chi connectivity index (χ3v) is 8.69. The summed E-state index contributed by atoms with van der Waals surface area (Å²) < 4.78 is 59.4. The highest BCUT2D eigenvalue weighted by atomic mass is 35.5. The molecule has 1 aliphatic rings. The first kappa shape index (κ1) is 33.8. The van der Waals surface area contributed by atoms with Crippen LogP contribution in [0.2, 0.25) is 10.0 Å². The number of rotatable bonds is 10. The Morgan fingerprint density at radius 2 is 1.77 bits per heavy atom. The maximum Gasteiger partial charge on any atom is 0.272 e. The van der Waals surface area contributed by atoms with Crippen LogP contribution in [-0.2, 0) is 24.8 Å². The van der Waals surface area contributed by atoms with Gasteiger partial charge in [0, 0.05) is 48.5 Å². The van der Waals surface area contributed by atoms with Crippen molar-refractivity contribution in [3.8, 4) is 5.75 Å². The standard InChI is InChI=1S/C31H36Cl2F4N4O3/c1-31(2,3)30(43)38-14-17-7-10-21(32)19(27(17)33)12-26-40-22-11-20(24(44-15-25(34)35)13-23(22)41(26)4)29(42)39-18-8-5-16(6-9-18)28(36)37/h7,10-11,13,16,18,25,28H,5-6,8-9,12,14-15H2,1-4H3,(H,38,43)(H,39,42). The number of ether oxygens (including phenoxy) is 1. The lowest BCUT2D eigenvalue weighted by molar-refractivity contribution is -0.128. The summed E-state index contributed by atoms with van der Waals surface area (Å²) in [4.78, 5) is 30.4. The number of imidazole rings is 1. The van der Waals surface area contributed by atoms with Crippen LogP contribution in [0.15, 0.2) is 24.3 Å². The number of fused-ring (bicyclic) bond motifs is 1. The second-order valence-corrected chi connectivity index (χ2v) is 12.9. The smallest absolute Gasteiger partial charge is 0.272 e. The van der Waals surface area contributed by atoms with Crippen molar-refractivity contribution in [1.29, 1.82) is 0 Å². The summed E-state index contributed by atoms with van der Waals surface area (Å²) in [6.07, 6.45) is -3.60. The fourth-order valence-corrected chi connectivity index (χ4v) is 5.77. The van der Waals surface area contributed by atoms with Gasteiger partial charge in [0.2, 0.25) is 12.3 Å². The average molecular weight is 660 g/mol. The molecule has 1 heterocycles. The lowest BCUT2D eigenvalue weighted by atomic mass is 9.86. The molecule has 240 valence electrons. The Labute approximate surface area is 263 Å². The third kappa shape index (κ3) is 7.96.